The van der Waals surface area contributed by atoms with Crippen molar-refractivity contribution in [1.82, 2.24) is 24.3 Å². The number of hydrogen-bond donors (Lipinski definition) is 1. The first kappa shape index (κ1) is 26.3. The van der Waals surface area contributed by atoms with Crippen molar-refractivity contribution in [2.24, 2.45) is 7.05 Å². The van der Waals surface area contributed by atoms with Crippen LogP contribution in [0.15, 0.2) is 42.7 Å². The number of benzene rings is 1. The molecular formula is C30H39N5O4. The molecule has 5 heterocycles. The van der Waals surface area contributed by atoms with Crippen LogP contribution in [-0.4, -0.2) is 101 Å². The average Bonchev–Trinajstić information content (AvgIpc) is 3.27. The molecule has 0 bridgehead atoms. The van der Waals surface area contributed by atoms with Gasteiger partial charge in [-0.2, -0.15) is 0 Å². The fourth-order valence-corrected chi connectivity index (χ4v) is 6.96. The van der Waals surface area contributed by atoms with Crippen molar-refractivity contribution in [2.45, 2.75) is 30.8 Å². The Balaban J connectivity index is 1.37. The van der Waals surface area contributed by atoms with Crippen molar-refractivity contribution < 1.29 is 19.4 Å². The van der Waals surface area contributed by atoms with Crippen LogP contribution in [0, 0.1) is 0 Å². The number of carbonyl (C=O) groups excluding carboxylic acids is 1. The standard InChI is InChI=1S/C30H39N5O4/c1-32-25-17-23(38-2)3-4-24(25)28-29(32)26(20-36)35(27(37)19-34-13-15-39-16-14-34)21-30(28)7-11-33(12-8-30)18-22-5-9-31-10-6-22/h3-6,9-10,17,26,36H,7-8,11-16,18-21H2,1-2H3/t26-/m0/s1. The molecule has 2 fully saturated rings. The third kappa shape index (κ3) is 4.82. The second kappa shape index (κ2) is 10.9. The average molecular weight is 534 g/mol. The maximum Gasteiger partial charge on any atom is 0.237 e. The molecule has 0 aliphatic carbocycles. The third-order valence-corrected chi connectivity index (χ3v) is 9.07. The van der Waals surface area contributed by atoms with Crippen molar-refractivity contribution in [1.29, 1.82) is 0 Å². The largest absolute Gasteiger partial charge is 0.497 e. The summed E-state index contributed by atoms with van der Waals surface area (Å²) in [5.41, 5.74) is 4.54. The lowest BCUT2D eigenvalue weighted by atomic mass is 9.68. The molecular weight excluding hydrogens is 494 g/mol. The number of aliphatic hydroxyl groups is 1. The fraction of sp³-hybridized carbons (Fsp3) is 0.533. The van der Waals surface area contributed by atoms with Gasteiger partial charge in [0.25, 0.3) is 0 Å². The van der Waals surface area contributed by atoms with E-state index >= 15 is 0 Å². The molecule has 6 rings (SSSR count). The van der Waals surface area contributed by atoms with Gasteiger partial charge in [0.15, 0.2) is 0 Å². The Morgan fingerprint density at radius 3 is 2.54 bits per heavy atom. The van der Waals surface area contributed by atoms with Crippen molar-refractivity contribution in [3.63, 3.8) is 0 Å². The lowest BCUT2D eigenvalue weighted by molar-refractivity contribution is -0.139. The van der Waals surface area contributed by atoms with Crippen LogP contribution in [0.5, 0.6) is 5.75 Å². The van der Waals surface area contributed by atoms with E-state index in [0.29, 0.717) is 26.3 Å². The summed E-state index contributed by atoms with van der Waals surface area (Å²) >= 11 is 0. The number of nitrogens with zero attached hydrogens (tertiary/aromatic N) is 5. The number of pyridine rings is 1. The molecule has 208 valence electrons. The number of morpholine rings is 1. The summed E-state index contributed by atoms with van der Waals surface area (Å²) in [4.78, 5) is 24.7. The minimum atomic E-state index is -0.377. The van der Waals surface area contributed by atoms with Gasteiger partial charge < -0.3 is 24.0 Å². The zero-order valence-corrected chi connectivity index (χ0v) is 23.0. The summed E-state index contributed by atoms with van der Waals surface area (Å²) in [6.07, 6.45) is 5.61. The minimum absolute atomic E-state index is 0.0861. The molecule has 1 amide bonds. The molecule has 3 aliphatic rings. The summed E-state index contributed by atoms with van der Waals surface area (Å²) in [7, 11) is 3.75. The number of rotatable bonds is 6. The van der Waals surface area contributed by atoms with Gasteiger partial charge in [0.2, 0.25) is 5.91 Å². The summed E-state index contributed by atoms with van der Waals surface area (Å²) in [6.45, 7) is 6.51. The van der Waals surface area contributed by atoms with Crippen LogP contribution in [0.25, 0.3) is 10.9 Å². The zero-order chi connectivity index (χ0) is 27.0. The van der Waals surface area contributed by atoms with Crippen LogP contribution in [-0.2, 0) is 28.5 Å². The number of hydrogen-bond acceptors (Lipinski definition) is 7. The van der Waals surface area contributed by atoms with Crippen LogP contribution in [0.3, 0.4) is 0 Å². The quantitative estimate of drug-likeness (QED) is 0.521. The highest BCUT2D eigenvalue weighted by Gasteiger charge is 2.49. The third-order valence-electron chi connectivity index (χ3n) is 9.07. The van der Waals surface area contributed by atoms with Gasteiger partial charge in [0, 0.05) is 68.2 Å². The maximum absolute atomic E-state index is 13.9. The van der Waals surface area contributed by atoms with Gasteiger partial charge in [0.1, 0.15) is 5.75 Å². The first-order valence-electron chi connectivity index (χ1n) is 14.0. The highest BCUT2D eigenvalue weighted by molar-refractivity contribution is 5.90. The first-order chi connectivity index (χ1) is 19.0. The van der Waals surface area contributed by atoms with E-state index in [4.69, 9.17) is 9.47 Å². The second-order valence-electron chi connectivity index (χ2n) is 11.2. The van der Waals surface area contributed by atoms with E-state index in [-0.39, 0.29) is 24.0 Å². The molecule has 3 aliphatic heterocycles. The van der Waals surface area contributed by atoms with Gasteiger partial charge in [-0.15, -0.1) is 0 Å². The molecule has 0 radical (unpaired) electrons. The molecule has 1 aromatic carbocycles. The van der Waals surface area contributed by atoms with Gasteiger partial charge in [-0.25, -0.2) is 0 Å². The summed E-state index contributed by atoms with van der Waals surface area (Å²) in [5, 5.41) is 11.9. The van der Waals surface area contributed by atoms with Crippen molar-refractivity contribution in [3.05, 3.63) is 59.5 Å². The molecule has 1 N–H and O–H groups in total. The molecule has 1 spiro atoms. The molecule has 0 unspecified atom stereocenters. The first-order valence-corrected chi connectivity index (χ1v) is 14.0. The number of aryl methyl sites for hydroxylation is 1. The summed E-state index contributed by atoms with van der Waals surface area (Å²) in [6, 6.07) is 10.1. The van der Waals surface area contributed by atoms with E-state index in [0.717, 1.165) is 62.5 Å². The van der Waals surface area contributed by atoms with Gasteiger partial charge in [-0.3, -0.25) is 19.6 Å². The van der Waals surface area contributed by atoms with E-state index in [9.17, 15) is 9.90 Å². The Kier molecular flexibility index (Phi) is 7.33. The van der Waals surface area contributed by atoms with E-state index in [1.54, 1.807) is 7.11 Å². The maximum atomic E-state index is 13.9. The van der Waals surface area contributed by atoms with Gasteiger partial charge in [0.05, 0.1) is 45.0 Å². The molecule has 1 atom stereocenters. The minimum Gasteiger partial charge on any atom is -0.497 e. The van der Waals surface area contributed by atoms with Crippen molar-refractivity contribution in [3.8, 4) is 5.75 Å². The smallest absolute Gasteiger partial charge is 0.237 e. The number of methoxy groups -OCH3 is 1. The number of aromatic nitrogens is 2. The molecule has 2 aromatic heterocycles. The Hall–Kier alpha value is -2.98. The number of piperidine rings is 1. The number of amides is 1. The molecule has 0 saturated carbocycles. The van der Waals surface area contributed by atoms with Crippen LogP contribution in [0.4, 0.5) is 0 Å². The SMILES string of the molecule is COc1ccc2c3c(n(C)c2c1)[C@H](CO)N(C(=O)CN1CCOCC1)CC31CCN(Cc2ccncc2)CC1. The molecule has 9 nitrogen and oxygen atoms in total. The van der Waals surface area contributed by atoms with Crippen molar-refractivity contribution >= 4 is 16.8 Å². The fourth-order valence-electron chi connectivity index (χ4n) is 6.96. The number of carbonyl (C=O) groups is 1. The Morgan fingerprint density at radius 2 is 1.85 bits per heavy atom. The number of fused-ring (bicyclic) bond motifs is 4. The monoisotopic (exact) mass is 533 g/mol. The second-order valence-corrected chi connectivity index (χ2v) is 11.2. The molecule has 39 heavy (non-hydrogen) atoms. The molecule has 9 heteroatoms. The summed E-state index contributed by atoms with van der Waals surface area (Å²) < 4.78 is 13.2. The van der Waals surface area contributed by atoms with Gasteiger partial charge in [-0.1, -0.05) is 0 Å². The Labute approximate surface area is 229 Å². The van der Waals surface area contributed by atoms with E-state index in [1.807, 2.05) is 23.4 Å². The Bertz CT molecular complexity index is 1310. The van der Waals surface area contributed by atoms with Gasteiger partial charge >= 0.3 is 0 Å². The highest BCUT2D eigenvalue weighted by atomic mass is 16.5. The number of aliphatic hydroxyl groups excluding tert-OH is 1. The number of likely N-dealkylation sites (tertiary alicyclic amines) is 1. The van der Waals surface area contributed by atoms with Crippen LogP contribution in [0.1, 0.15) is 35.7 Å². The normalized spacial score (nSPS) is 21.8. The van der Waals surface area contributed by atoms with E-state index in [2.05, 4.69) is 50.7 Å². The van der Waals surface area contributed by atoms with Crippen LogP contribution >= 0.6 is 0 Å². The Morgan fingerprint density at radius 1 is 1.10 bits per heavy atom. The lowest BCUT2D eigenvalue weighted by Crippen LogP contribution is -2.57. The van der Waals surface area contributed by atoms with E-state index in [1.165, 1.54) is 16.5 Å². The summed E-state index contributed by atoms with van der Waals surface area (Å²) in [5.74, 6) is 0.894. The molecule has 2 saturated heterocycles. The van der Waals surface area contributed by atoms with Gasteiger partial charge in [-0.05, 0) is 61.3 Å². The predicted octanol–water partition coefficient (Wildman–Crippen LogP) is 2.32. The highest BCUT2D eigenvalue weighted by Crippen LogP contribution is 2.50. The molecule has 3 aromatic rings. The van der Waals surface area contributed by atoms with Crippen LogP contribution < -0.4 is 4.74 Å². The zero-order valence-electron chi connectivity index (χ0n) is 23.0. The van der Waals surface area contributed by atoms with E-state index < -0.39 is 0 Å². The lowest BCUT2D eigenvalue weighted by Gasteiger charge is -2.51. The number of ether oxygens (including phenoxy) is 2. The topological polar surface area (TPSA) is 83.3 Å². The van der Waals surface area contributed by atoms with Crippen LogP contribution in [0.2, 0.25) is 0 Å². The van der Waals surface area contributed by atoms with Crippen molar-refractivity contribution in [2.75, 3.05) is 66.2 Å². The predicted molar refractivity (Wildman–Crippen MR) is 149 cm³/mol.